The zero-order valence-corrected chi connectivity index (χ0v) is 19.3. The molecule has 2 bridgehead atoms. The molecule has 3 N–H and O–H groups in total. The number of phenolic OH excluding ortho intramolecular Hbond substituents is 1. The van der Waals surface area contributed by atoms with Crippen molar-refractivity contribution in [2.24, 2.45) is 11.8 Å². The normalized spacial score (nSPS) is 30.9. The Balaban J connectivity index is 0.000000493. The molecule has 3 aliphatic carbocycles. The average Bonchev–Trinajstić information content (AvgIpc) is 2.79. The van der Waals surface area contributed by atoms with Crippen molar-refractivity contribution in [2.75, 3.05) is 14.2 Å². The fraction of sp³-hybridized carbons (Fsp3) is 0.636. The van der Waals surface area contributed by atoms with E-state index in [0.29, 0.717) is 16.9 Å². The molecule has 4 atom stereocenters. The second kappa shape index (κ2) is 11.6. The number of fused-ring (bicyclic) bond motifs is 1. The molecular formula is C22H32ClO6P. The monoisotopic (exact) mass is 458 g/mol. The Morgan fingerprint density at radius 2 is 1.77 bits per heavy atom. The molecule has 5 rings (SSSR count). The molecule has 1 aliphatic heterocycles. The summed E-state index contributed by atoms with van der Waals surface area (Å²) in [6.45, 7) is 0. The van der Waals surface area contributed by atoms with Crippen LogP contribution in [-0.4, -0.2) is 35.1 Å². The van der Waals surface area contributed by atoms with Gasteiger partial charge in [-0.25, -0.2) is 9.78 Å². The van der Waals surface area contributed by atoms with Crippen LogP contribution >= 0.6 is 20.7 Å². The van der Waals surface area contributed by atoms with Crippen molar-refractivity contribution < 1.29 is 29.7 Å². The third-order valence-corrected chi connectivity index (χ3v) is 7.06. The molecule has 1 heterocycles. The summed E-state index contributed by atoms with van der Waals surface area (Å²) in [4.78, 5) is 11.6. The molecule has 30 heavy (non-hydrogen) atoms. The van der Waals surface area contributed by atoms with Gasteiger partial charge in [0.2, 0.25) is 0 Å². The van der Waals surface area contributed by atoms with E-state index >= 15 is 0 Å². The average molecular weight is 459 g/mol. The van der Waals surface area contributed by atoms with Gasteiger partial charge in [0, 0.05) is 20.1 Å². The first-order valence-corrected chi connectivity index (χ1v) is 11.1. The van der Waals surface area contributed by atoms with Crippen LogP contribution in [0.25, 0.3) is 0 Å². The Kier molecular flexibility index (Phi) is 9.73. The predicted molar refractivity (Wildman–Crippen MR) is 117 cm³/mol. The molecule has 0 amide bonds. The molecule has 0 aromatic heterocycles. The van der Waals surface area contributed by atoms with Crippen molar-refractivity contribution in [3.8, 4) is 5.75 Å². The number of halogens is 1. The SMILES string of the molecule is CO.CO.O=P.Oc1cc(C2OOC23C2CCCC3C3=C(CCCC3)C2)ccc1Cl. The molecule has 1 spiro atoms. The van der Waals surface area contributed by atoms with Gasteiger partial charge < -0.3 is 15.3 Å². The molecular weight excluding hydrogens is 427 g/mol. The Hall–Kier alpha value is -1.01. The van der Waals surface area contributed by atoms with Gasteiger partial charge in [0.1, 0.15) is 20.5 Å². The van der Waals surface area contributed by atoms with Crippen molar-refractivity contribution in [1.29, 1.82) is 0 Å². The summed E-state index contributed by atoms with van der Waals surface area (Å²) < 4.78 is 8.06. The molecule has 0 radical (unpaired) electrons. The zero-order valence-electron chi connectivity index (χ0n) is 17.6. The Labute approximate surface area is 185 Å². The van der Waals surface area contributed by atoms with E-state index in [-0.39, 0.29) is 17.5 Å². The van der Waals surface area contributed by atoms with E-state index in [4.69, 9.17) is 36.2 Å². The van der Waals surface area contributed by atoms with Gasteiger partial charge >= 0.3 is 0 Å². The first-order valence-electron chi connectivity index (χ1n) is 10.3. The minimum atomic E-state index is -0.227. The van der Waals surface area contributed by atoms with Gasteiger partial charge in [0.15, 0.2) is 6.10 Å². The summed E-state index contributed by atoms with van der Waals surface area (Å²) in [7, 11) is 3.72. The molecule has 2 fully saturated rings. The molecule has 168 valence electrons. The molecule has 1 saturated carbocycles. The molecule has 4 aliphatic rings. The van der Waals surface area contributed by atoms with Crippen molar-refractivity contribution in [1.82, 2.24) is 0 Å². The van der Waals surface area contributed by atoms with Gasteiger partial charge in [-0.15, -0.1) is 0 Å². The summed E-state index contributed by atoms with van der Waals surface area (Å²) in [6, 6.07) is 5.47. The number of hydrogen-bond acceptors (Lipinski definition) is 6. The van der Waals surface area contributed by atoms with E-state index < -0.39 is 0 Å². The van der Waals surface area contributed by atoms with Crippen LogP contribution in [0.2, 0.25) is 5.02 Å². The van der Waals surface area contributed by atoms with E-state index in [1.807, 2.05) is 6.07 Å². The second-order valence-corrected chi connectivity index (χ2v) is 8.25. The van der Waals surface area contributed by atoms with Gasteiger partial charge in [0.05, 0.1) is 5.02 Å². The minimum absolute atomic E-state index is 0.0908. The van der Waals surface area contributed by atoms with Crippen molar-refractivity contribution >= 4 is 20.7 Å². The molecule has 1 saturated heterocycles. The first-order chi connectivity index (χ1) is 14.7. The standard InChI is InChI=1S/C20H23ClO3.2CH4O.HOP/c21-17-9-8-13(11-18(17)22)19-20(24-23-19)14-5-3-7-16(20)15-6-2-1-4-12(15)10-14;3*1-2/h8-9,11,14,16,19,22H,1-7,10H2;2*2H,1H3;2H. The van der Waals surface area contributed by atoms with E-state index in [9.17, 15) is 5.11 Å². The van der Waals surface area contributed by atoms with E-state index in [1.165, 1.54) is 51.4 Å². The smallest absolute Gasteiger partial charge is 0.151 e. The van der Waals surface area contributed by atoms with Gasteiger partial charge in [-0.1, -0.05) is 35.2 Å². The largest absolute Gasteiger partial charge is 0.506 e. The van der Waals surface area contributed by atoms with Gasteiger partial charge in [-0.2, -0.15) is 0 Å². The van der Waals surface area contributed by atoms with E-state index in [0.717, 1.165) is 19.8 Å². The summed E-state index contributed by atoms with van der Waals surface area (Å²) in [5.74, 6) is 1.14. The molecule has 4 unspecified atom stereocenters. The predicted octanol–water partition coefficient (Wildman–Crippen LogP) is 5.17. The fourth-order valence-corrected chi connectivity index (χ4v) is 5.81. The number of benzene rings is 1. The Bertz CT molecular complexity index is 742. The fourth-order valence-electron chi connectivity index (χ4n) is 5.69. The van der Waals surface area contributed by atoms with Crippen LogP contribution in [0.5, 0.6) is 5.75 Å². The summed E-state index contributed by atoms with van der Waals surface area (Å²) in [6.07, 6.45) is 9.96. The zero-order chi connectivity index (χ0) is 22.3. The van der Waals surface area contributed by atoms with Gasteiger partial charge in [-0.3, -0.25) is 4.57 Å². The van der Waals surface area contributed by atoms with Gasteiger partial charge in [-0.05, 0) is 68.6 Å². The minimum Gasteiger partial charge on any atom is -0.506 e. The lowest BCUT2D eigenvalue weighted by molar-refractivity contribution is -0.541. The maximum Gasteiger partial charge on any atom is 0.151 e. The number of phenols is 1. The quantitative estimate of drug-likeness (QED) is 0.305. The summed E-state index contributed by atoms with van der Waals surface area (Å²) >= 11 is 5.98. The third kappa shape index (κ3) is 4.32. The topological polar surface area (TPSA) is 96.2 Å². The first kappa shape index (κ1) is 25.3. The molecule has 6 nitrogen and oxygen atoms in total. The maximum atomic E-state index is 10.0. The lowest BCUT2D eigenvalue weighted by Gasteiger charge is -2.61. The van der Waals surface area contributed by atoms with Crippen molar-refractivity contribution in [3.63, 3.8) is 0 Å². The lowest BCUT2D eigenvalue weighted by Crippen LogP contribution is -2.64. The Morgan fingerprint density at radius 1 is 1.07 bits per heavy atom. The van der Waals surface area contributed by atoms with Crippen LogP contribution in [0, 0.1) is 11.8 Å². The number of aliphatic hydroxyl groups is 2. The van der Waals surface area contributed by atoms with Crippen LogP contribution in [0.3, 0.4) is 0 Å². The van der Waals surface area contributed by atoms with Crippen molar-refractivity contribution in [2.45, 2.75) is 63.1 Å². The molecule has 8 heteroatoms. The number of rotatable bonds is 1. The molecule has 1 aromatic rings. The van der Waals surface area contributed by atoms with E-state index in [1.54, 1.807) is 32.4 Å². The van der Waals surface area contributed by atoms with E-state index in [2.05, 4.69) is 0 Å². The second-order valence-electron chi connectivity index (χ2n) is 7.84. The third-order valence-electron chi connectivity index (χ3n) is 6.74. The maximum absolute atomic E-state index is 10.0. The number of aliphatic hydroxyl groups excluding tert-OH is 2. The number of aromatic hydroxyl groups is 1. The highest BCUT2D eigenvalue weighted by Crippen LogP contribution is 2.64. The highest BCUT2D eigenvalue weighted by atomic mass is 35.5. The number of allylic oxidation sites excluding steroid dienone is 1. The van der Waals surface area contributed by atoms with Crippen molar-refractivity contribution in [3.05, 3.63) is 39.9 Å². The highest BCUT2D eigenvalue weighted by Gasteiger charge is 2.65. The van der Waals surface area contributed by atoms with Crippen LogP contribution < -0.4 is 0 Å². The van der Waals surface area contributed by atoms with Gasteiger partial charge in [0.25, 0.3) is 0 Å². The Morgan fingerprint density at radius 3 is 2.40 bits per heavy atom. The summed E-state index contributed by atoms with van der Waals surface area (Å²) in [5, 5.41) is 24.4. The van der Waals surface area contributed by atoms with Crippen LogP contribution in [0.4, 0.5) is 0 Å². The highest BCUT2D eigenvalue weighted by molar-refractivity contribution is 7.00. The molecule has 1 aromatic carbocycles. The summed E-state index contributed by atoms with van der Waals surface area (Å²) in [5.41, 5.74) is 4.15. The van der Waals surface area contributed by atoms with Crippen LogP contribution in [0.1, 0.15) is 63.0 Å². The lowest BCUT2D eigenvalue weighted by atomic mass is 9.54. The van der Waals surface area contributed by atoms with Crippen LogP contribution in [-0.2, 0) is 14.3 Å². The number of hydrogen-bond donors (Lipinski definition) is 3. The van der Waals surface area contributed by atoms with Crippen LogP contribution in [0.15, 0.2) is 29.3 Å².